The van der Waals surface area contributed by atoms with Crippen LogP contribution in [0.4, 0.5) is 15.2 Å². The van der Waals surface area contributed by atoms with Gasteiger partial charge in [0, 0.05) is 0 Å². The number of anilines is 2. The van der Waals surface area contributed by atoms with E-state index in [1.54, 1.807) is 19.2 Å². The maximum atomic E-state index is 13.1. The zero-order chi connectivity index (χ0) is 20.8. The molecule has 0 fully saturated rings. The number of hydrogen-bond acceptors (Lipinski definition) is 7. The minimum Gasteiger partial charge on any atom is -0.495 e. The summed E-state index contributed by atoms with van der Waals surface area (Å²) in [4.78, 5) is 12.5. The van der Waals surface area contributed by atoms with Gasteiger partial charge in [0.1, 0.15) is 11.6 Å². The number of carbonyl (C=O) groups is 1. The number of methoxy groups -OCH3 is 1. The maximum Gasteiger partial charge on any atom is 0.233 e. The lowest BCUT2D eigenvalue weighted by Gasteiger charge is -2.17. The first kappa shape index (κ1) is 21.1. The highest BCUT2D eigenvalue weighted by molar-refractivity contribution is 8.02. The molecule has 1 heterocycles. The van der Waals surface area contributed by atoms with Crippen molar-refractivity contribution in [1.82, 2.24) is 15.5 Å². The third-order valence-corrected chi connectivity index (χ3v) is 6.15. The molecule has 0 aliphatic rings. The number of nitrogens with zero attached hydrogens (tertiary/aromatic N) is 2. The van der Waals surface area contributed by atoms with Gasteiger partial charge in [0.05, 0.1) is 24.1 Å². The summed E-state index contributed by atoms with van der Waals surface area (Å²) in [7, 11) is 1.61. The summed E-state index contributed by atoms with van der Waals surface area (Å²) in [5, 5.41) is 14.7. The lowest BCUT2D eigenvalue weighted by atomic mass is 10.1. The molecule has 0 bridgehead atoms. The highest BCUT2D eigenvalue weighted by Gasteiger charge is 2.19. The largest absolute Gasteiger partial charge is 0.495 e. The van der Waals surface area contributed by atoms with Crippen LogP contribution < -0.4 is 15.4 Å². The number of aromatic nitrogens is 2. The Bertz CT molecular complexity index is 965. The van der Waals surface area contributed by atoms with Gasteiger partial charge in [-0.1, -0.05) is 47.4 Å². The monoisotopic (exact) mass is 432 g/mol. The number of ether oxygens (including phenoxy) is 1. The number of benzene rings is 2. The molecule has 0 aliphatic carbocycles. The topological polar surface area (TPSA) is 76.1 Å². The van der Waals surface area contributed by atoms with Crippen molar-refractivity contribution >= 4 is 39.8 Å². The molecule has 2 aromatic carbocycles. The third kappa shape index (κ3) is 5.68. The van der Waals surface area contributed by atoms with E-state index >= 15 is 0 Å². The van der Waals surface area contributed by atoms with Crippen LogP contribution in [0.1, 0.15) is 25.5 Å². The number of amides is 1. The molecule has 2 atom stereocenters. The van der Waals surface area contributed by atoms with Crippen molar-refractivity contribution in [1.29, 1.82) is 0 Å². The number of para-hydroxylation sites is 2. The first-order valence-corrected chi connectivity index (χ1v) is 10.6. The summed E-state index contributed by atoms with van der Waals surface area (Å²) < 4.78 is 19.0. The number of rotatable bonds is 8. The second-order valence-corrected chi connectivity index (χ2v) is 8.81. The van der Waals surface area contributed by atoms with E-state index in [1.807, 2.05) is 38.1 Å². The molecule has 2 unspecified atom stereocenters. The molecule has 0 aliphatic heterocycles. The van der Waals surface area contributed by atoms with Crippen LogP contribution in [-0.4, -0.2) is 28.5 Å². The zero-order valence-electron chi connectivity index (χ0n) is 16.2. The molecule has 6 nitrogen and oxygen atoms in total. The smallest absolute Gasteiger partial charge is 0.233 e. The van der Waals surface area contributed by atoms with Crippen molar-refractivity contribution in [3.8, 4) is 5.75 Å². The Labute approximate surface area is 176 Å². The number of nitrogens with one attached hydrogen (secondary N) is 2. The molecule has 1 amide bonds. The standard InChI is InChI=1S/C20H21FN4O2S2/c1-12(14-8-10-15(21)11-9-14)22-18(26)13(2)28-20-25-24-19(29-20)23-16-6-4-5-7-17(16)27-3/h4-13H,1-3H3,(H,22,26)(H,23,24). The Balaban J connectivity index is 1.57. The molecule has 29 heavy (non-hydrogen) atoms. The fourth-order valence-corrected chi connectivity index (χ4v) is 4.46. The van der Waals surface area contributed by atoms with E-state index < -0.39 is 0 Å². The second-order valence-electron chi connectivity index (χ2n) is 6.24. The van der Waals surface area contributed by atoms with Gasteiger partial charge in [-0.3, -0.25) is 4.79 Å². The molecule has 0 saturated heterocycles. The van der Waals surface area contributed by atoms with Gasteiger partial charge in [-0.25, -0.2) is 4.39 Å². The zero-order valence-corrected chi connectivity index (χ0v) is 17.8. The Morgan fingerprint density at radius 1 is 1.14 bits per heavy atom. The molecular weight excluding hydrogens is 411 g/mol. The summed E-state index contributed by atoms with van der Waals surface area (Å²) in [6, 6.07) is 13.4. The average molecular weight is 433 g/mol. The minimum absolute atomic E-state index is 0.124. The van der Waals surface area contributed by atoms with E-state index in [2.05, 4.69) is 20.8 Å². The molecule has 0 radical (unpaired) electrons. The minimum atomic E-state index is -0.357. The predicted molar refractivity (Wildman–Crippen MR) is 114 cm³/mol. The van der Waals surface area contributed by atoms with Gasteiger partial charge in [-0.15, -0.1) is 10.2 Å². The molecule has 0 saturated carbocycles. The molecule has 152 valence electrons. The van der Waals surface area contributed by atoms with Crippen LogP contribution in [0.25, 0.3) is 0 Å². The van der Waals surface area contributed by atoms with E-state index in [4.69, 9.17) is 4.74 Å². The van der Waals surface area contributed by atoms with Crippen molar-refractivity contribution < 1.29 is 13.9 Å². The molecule has 3 aromatic rings. The van der Waals surface area contributed by atoms with Crippen LogP contribution in [-0.2, 0) is 4.79 Å². The van der Waals surface area contributed by atoms with Crippen LogP contribution >= 0.6 is 23.1 Å². The molecule has 1 aromatic heterocycles. The predicted octanol–water partition coefficient (Wildman–Crippen LogP) is 4.79. The molecular formula is C20H21FN4O2S2. The summed E-state index contributed by atoms with van der Waals surface area (Å²) in [6.45, 7) is 3.68. The van der Waals surface area contributed by atoms with Crippen LogP contribution in [0.15, 0.2) is 52.9 Å². The summed E-state index contributed by atoms with van der Waals surface area (Å²) >= 11 is 2.70. The maximum absolute atomic E-state index is 13.1. The summed E-state index contributed by atoms with van der Waals surface area (Å²) in [5.74, 6) is 0.283. The van der Waals surface area contributed by atoms with Crippen molar-refractivity contribution in [2.45, 2.75) is 29.5 Å². The molecule has 3 rings (SSSR count). The van der Waals surface area contributed by atoms with Gasteiger partial charge in [0.2, 0.25) is 11.0 Å². The van der Waals surface area contributed by atoms with Gasteiger partial charge in [-0.2, -0.15) is 0 Å². The number of thioether (sulfide) groups is 1. The van der Waals surface area contributed by atoms with Crippen LogP contribution in [0.2, 0.25) is 0 Å². The molecule has 0 spiro atoms. The molecule has 9 heteroatoms. The van der Waals surface area contributed by atoms with Gasteiger partial charge < -0.3 is 15.4 Å². The lowest BCUT2D eigenvalue weighted by molar-refractivity contribution is -0.120. The second kappa shape index (κ2) is 9.71. The number of carbonyl (C=O) groups excluding carboxylic acids is 1. The van der Waals surface area contributed by atoms with E-state index in [-0.39, 0.29) is 23.0 Å². The van der Waals surface area contributed by atoms with Crippen molar-refractivity contribution in [3.05, 3.63) is 59.9 Å². The van der Waals surface area contributed by atoms with Gasteiger partial charge in [0.15, 0.2) is 4.34 Å². The van der Waals surface area contributed by atoms with E-state index in [0.29, 0.717) is 15.2 Å². The summed E-state index contributed by atoms with van der Waals surface area (Å²) in [5.41, 5.74) is 1.64. The SMILES string of the molecule is COc1ccccc1Nc1nnc(SC(C)C(=O)NC(C)c2ccc(F)cc2)s1. The fourth-order valence-electron chi connectivity index (χ4n) is 2.54. The van der Waals surface area contributed by atoms with Gasteiger partial charge in [0.25, 0.3) is 0 Å². The Hall–Kier alpha value is -2.65. The van der Waals surface area contributed by atoms with Crippen molar-refractivity contribution in [2.24, 2.45) is 0 Å². The fraction of sp³-hybridized carbons (Fsp3) is 0.250. The Morgan fingerprint density at radius 3 is 2.59 bits per heavy atom. The van der Waals surface area contributed by atoms with Crippen molar-refractivity contribution in [3.63, 3.8) is 0 Å². The first-order chi connectivity index (χ1) is 14.0. The molecule has 2 N–H and O–H groups in total. The highest BCUT2D eigenvalue weighted by Crippen LogP contribution is 2.33. The van der Waals surface area contributed by atoms with Crippen LogP contribution in [0.5, 0.6) is 5.75 Å². The Kier molecular flexibility index (Phi) is 7.05. The number of halogens is 1. The van der Waals surface area contributed by atoms with Gasteiger partial charge >= 0.3 is 0 Å². The Morgan fingerprint density at radius 2 is 1.86 bits per heavy atom. The highest BCUT2D eigenvalue weighted by atomic mass is 32.2. The summed E-state index contributed by atoms with van der Waals surface area (Å²) in [6.07, 6.45) is 0. The number of hydrogen-bond donors (Lipinski definition) is 2. The average Bonchev–Trinajstić information content (AvgIpc) is 3.15. The van der Waals surface area contributed by atoms with Crippen LogP contribution in [0.3, 0.4) is 0 Å². The quantitative estimate of drug-likeness (QED) is 0.499. The van der Waals surface area contributed by atoms with E-state index in [9.17, 15) is 9.18 Å². The van der Waals surface area contributed by atoms with Crippen LogP contribution in [0, 0.1) is 5.82 Å². The van der Waals surface area contributed by atoms with E-state index in [0.717, 1.165) is 11.3 Å². The third-order valence-electron chi connectivity index (χ3n) is 4.13. The van der Waals surface area contributed by atoms with Gasteiger partial charge in [-0.05, 0) is 43.7 Å². The van der Waals surface area contributed by atoms with Crippen molar-refractivity contribution in [2.75, 3.05) is 12.4 Å². The van der Waals surface area contributed by atoms with E-state index in [1.165, 1.54) is 35.2 Å². The lowest BCUT2D eigenvalue weighted by Crippen LogP contribution is -2.33. The first-order valence-electron chi connectivity index (χ1n) is 8.92. The normalized spacial score (nSPS) is 12.8.